The number of piperidine rings is 1. The summed E-state index contributed by atoms with van der Waals surface area (Å²) in [6.45, 7) is 10.2. The van der Waals surface area contributed by atoms with E-state index in [9.17, 15) is 4.79 Å². The average Bonchev–Trinajstić information content (AvgIpc) is 3.29. The van der Waals surface area contributed by atoms with Crippen LogP contribution in [0.15, 0.2) is 21.9 Å². The van der Waals surface area contributed by atoms with Crippen molar-refractivity contribution in [2.45, 2.75) is 52.2 Å². The number of nitrogens with one attached hydrogen (secondary N) is 1. The molecule has 3 rings (SSSR count). The highest BCUT2D eigenvalue weighted by atomic mass is 32.1. The molecule has 1 N–H and O–H groups in total. The molecule has 1 saturated heterocycles. The fraction of sp³-hybridized carbons (Fsp3) is 0.632. The Morgan fingerprint density at radius 3 is 2.78 bits per heavy atom. The van der Waals surface area contributed by atoms with Crippen LogP contribution in [0.25, 0.3) is 10.8 Å². The van der Waals surface area contributed by atoms with Gasteiger partial charge in [-0.05, 0) is 71.0 Å². The Bertz CT molecular complexity index is 730. The summed E-state index contributed by atoms with van der Waals surface area (Å²) < 4.78 is 11.2. The molecular weight excluding hydrogens is 364 g/mol. The van der Waals surface area contributed by atoms with Crippen molar-refractivity contribution in [2.75, 3.05) is 19.6 Å². The molecule has 1 aliphatic heterocycles. The normalized spacial score (nSPS) is 17.6. The van der Waals surface area contributed by atoms with Crippen LogP contribution in [-0.4, -0.2) is 46.4 Å². The van der Waals surface area contributed by atoms with Crippen LogP contribution in [0.5, 0.6) is 0 Å². The van der Waals surface area contributed by atoms with Gasteiger partial charge in [0.1, 0.15) is 5.60 Å². The highest BCUT2D eigenvalue weighted by Gasteiger charge is 2.27. The fourth-order valence-corrected chi connectivity index (χ4v) is 3.79. The van der Waals surface area contributed by atoms with E-state index in [-0.39, 0.29) is 12.1 Å². The van der Waals surface area contributed by atoms with E-state index in [1.54, 1.807) is 11.3 Å². The van der Waals surface area contributed by atoms with Crippen molar-refractivity contribution in [3.05, 3.63) is 23.4 Å². The number of hydrogen-bond acceptors (Lipinski definition) is 7. The number of amides is 1. The first-order chi connectivity index (χ1) is 12.8. The van der Waals surface area contributed by atoms with E-state index >= 15 is 0 Å². The predicted octanol–water partition coefficient (Wildman–Crippen LogP) is 4.10. The third-order valence-corrected chi connectivity index (χ3v) is 5.52. The largest absolute Gasteiger partial charge is 0.444 e. The number of carbonyl (C=O) groups is 1. The quantitative estimate of drug-likeness (QED) is 0.825. The molecule has 7 nitrogen and oxygen atoms in total. The highest BCUT2D eigenvalue weighted by Crippen LogP contribution is 2.29. The van der Waals surface area contributed by atoms with Crippen LogP contribution in [0.1, 0.15) is 52.5 Å². The van der Waals surface area contributed by atoms with Gasteiger partial charge >= 0.3 is 6.09 Å². The van der Waals surface area contributed by atoms with Gasteiger partial charge in [0.05, 0.1) is 10.9 Å². The van der Waals surface area contributed by atoms with Crippen molar-refractivity contribution >= 4 is 17.4 Å². The summed E-state index contributed by atoms with van der Waals surface area (Å²) in [6, 6.07) is 4.05. The smallest absolute Gasteiger partial charge is 0.407 e. The molecule has 27 heavy (non-hydrogen) atoms. The first kappa shape index (κ1) is 19.8. The fourth-order valence-electron chi connectivity index (χ4n) is 3.15. The number of hydrogen-bond donors (Lipinski definition) is 1. The van der Waals surface area contributed by atoms with E-state index in [1.807, 2.05) is 38.3 Å². The maximum absolute atomic E-state index is 11.8. The van der Waals surface area contributed by atoms with Crippen LogP contribution in [0.3, 0.4) is 0 Å². The zero-order valence-electron chi connectivity index (χ0n) is 16.4. The molecule has 2 aromatic heterocycles. The van der Waals surface area contributed by atoms with Gasteiger partial charge in [0, 0.05) is 6.54 Å². The lowest BCUT2D eigenvalue weighted by Crippen LogP contribution is -2.41. The maximum atomic E-state index is 11.8. The molecule has 0 aliphatic carbocycles. The second-order valence-corrected chi connectivity index (χ2v) is 8.91. The van der Waals surface area contributed by atoms with Gasteiger partial charge < -0.3 is 14.5 Å². The molecule has 148 valence electrons. The van der Waals surface area contributed by atoms with Gasteiger partial charge in [-0.2, -0.15) is 0 Å². The third-order valence-electron chi connectivity index (χ3n) is 4.66. The number of likely N-dealkylation sites (tertiary alicyclic amines) is 1. The molecule has 0 radical (unpaired) electrons. The predicted molar refractivity (Wildman–Crippen MR) is 105 cm³/mol. The number of nitrogens with zero attached hydrogens (tertiary/aromatic N) is 3. The minimum absolute atomic E-state index is 0.0889. The maximum Gasteiger partial charge on any atom is 0.407 e. The van der Waals surface area contributed by atoms with Crippen LogP contribution in [0.2, 0.25) is 0 Å². The Balaban J connectivity index is 1.45. The van der Waals surface area contributed by atoms with E-state index in [2.05, 4.69) is 27.3 Å². The summed E-state index contributed by atoms with van der Waals surface area (Å²) in [7, 11) is 0. The average molecular weight is 393 g/mol. The lowest BCUT2D eigenvalue weighted by atomic mass is 9.96. The molecule has 1 amide bonds. The van der Waals surface area contributed by atoms with Crippen molar-refractivity contribution < 1.29 is 13.9 Å². The van der Waals surface area contributed by atoms with Crippen molar-refractivity contribution in [3.63, 3.8) is 0 Å². The number of thiophene rings is 1. The van der Waals surface area contributed by atoms with Gasteiger partial charge in [-0.1, -0.05) is 6.07 Å². The lowest BCUT2D eigenvalue weighted by Gasteiger charge is -2.34. The lowest BCUT2D eigenvalue weighted by molar-refractivity contribution is 0.0504. The van der Waals surface area contributed by atoms with Gasteiger partial charge in [-0.25, -0.2) is 4.79 Å². The second kappa shape index (κ2) is 8.39. The summed E-state index contributed by atoms with van der Waals surface area (Å²) >= 11 is 1.59. The SMILES string of the molecule is CC(c1nnc(-c2cccs2)o1)N1CCC(CNC(=O)OC(C)(C)C)CC1. The van der Waals surface area contributed by atoms with Crippen molar-refractivity contribution in [3.8, 4) is 10.8 Å². The first-order valence-corrected chi connectivity index (χ1v) is 10.3. The van der Waals surface area contributed by atoms with Gasteiger partial charge in [-0.3, -0.25) is 4.90 Å². The van der Waals surface area contributed by atoms with Crippen LogP contribution >= 0.6 is 11.3 Å². The molecule has 1 unspecified atom stereocenters. The molecule has 1 aliphatic rings. The van der Waals surface area contributed by atoms with Crippen molar-refractivity contribution in [2.24, 2.45) is 5.92 Å². The Kier molecular flexibility index (Phi) is 6.16. The van der Waals surface area contributed by atoms with Crippen molar-refractivity contribution in [1.82, 2.24) is 20.4 Å². The first-order valence-electron chi connectivity index (χ1n) is 9.40. The molecule has 0 bridgehead atoms. The van der Waals surface area contributed by atoms with Crippen LogP contribution in [0, 0.1) is 5.92 Å². The monoisotopic (exact) mass is 392 g/mol. The number of aromatic nitrogens is 2. The summed E-state index contributed by atoms with van der Waals surface area (Å²) in [4.78, 5) is 15.1. The number of alkyl carbamates (subject to hydrolysis) is 1. The summed E-state index contributed by atoms with van der Waals surface area (Å²) in [5, 5.41) is 13.3. The van der Waals surface area contributed by atoms with Gasteiger partial charge in [0.25, 0.3) is 5.89 Å². The van der Waals surface area contributed by atoms with E-state index in [4.69, 9.17) is 9.15 Å². The molecule has 2 aromatic rings. The topological polar surface area (TPSA) is 80.5 Å². The number of rotatable bonds is 5. The second-order valence-electron chi connectivity index (χ2n) is 7.96. The van der Waals surface area contributed by atoms with Gasteiger partial charge in [0.2, 0.25) is 5.89 Å². The van der Waals surface area contributed by atoms with Crippen LogP contribution < -0.4 is 5.32 Å². The van der Waals surface area contributed by atoms with E-state index in [0.29, 0.717) is 24.2 Å². The minimum Gasteiger partial charge on any atom is -0.444 e. The Morgan fingerprint density at radius 1 is 1.41 bits per heavy atom. The minimum atomic E-state index is -0.463. The van der Waals surface area contributed by atoms with Gasteiger partial charge in [0.15, 0.2) is 0 Å². The number of ether oxygens (including phenoxy) is 1. The van der Waals surface area contributed by atoms with E-state index in [1.165, 1.54) is 0 Å². The molecule has 0 aromatic carbocycles. The molecule has 0 spiro atoms. The Labute approximate surface area is 164 Å². The Hall–Kier alpha value is -1.93. The zero-order valence-corrected chi connectivity index (χ0v) is 17.2. The number of carbonyl (C=O) groups excluding carboxylic acids is 1. The summed E-state index contributed by atoms with van der Waals surface area (Å²) in [6.07, 6.45) is 1.70. The van der Waals surface area contributed by atoms with Crippen LogP contribution in [0.4, 0.5) is 4.79 Å². The standard InChI is InChI=1S/C19H28N4O3S/c1-13(16-21-22-17(25-16)15-6-5-11-27-15)23-9-7-14(8-10-23)12-20-18(24)26-19(2,3)4/h5-6,11,13-14H,7-10,12H2,1-4H3,(H,20,24). The Morgan fingerprint density at radius 2 is 2.15 bits per heavy atom. The summed E-state index contributed by atoms with van der Waals surface area (Å²) in [5.41, 5.74) is -0.463. The highest BCUT2D eigenvalue weighted by molar-refractivity contribution is 7.13. The molecule has 1 fully saturated rings. The molecule has 1 atom stereocenters. The van der Waals surface area contributed by atoms with E-state index < -0.39 is 5.60 Å². The molecule has 3 heterocycles. The zero-order chi connectivity index (χ0) is 19.4. The molecule has 8 heteroatoms. The molecular formula is C19H28N4O3S. The van der Waals surface area contributed by atoms with Crippen LogP contribution in [-0.2, 0) is 4.74 Å². The van der Waals surface area contributed by atoms with Crippen molar-refractivity contribution in [1.29, 1.82) is 0 Å². The van der Waals surface area contributed by atoms with E-state index in [0.717, 1.165) is 30.8 Å². The third kappa shape index (κ3) is 5.52. The summed E-state index contributed by atoms with van der Waals surface area (Å²) in [5.74, 6) is 1.71. The van der Waals surface area contributed by atoms with Gasteiger partial charge in [-0.15, -0.1) is 21.5 Å². The molecule has 0 saturated carbocycles.